The number of rotatable bonds is 9. The van der Waals surface area contributed by atoms with Crippen molar-refractivity contribution in [3.8, 4) is 11.4 Å². The summed E-state index contributed by atoms with van der Waals surface area (Å²) in [5.74, 6) is 0.289. The van der Waals surface area contributed by atoms with Crippen molar-refractivity contribution in [2.45, 2.75) is 32.5 Å². The molecular weight excluding hydrogens is 540 g/mol. The third-order valence-electron chi connectivity index (χ3n) is 8.80. The number of aromatic nitrogens is 3. The molecule has 2 aliphatic heterocycles. The van der Waals surface area contributed by atoms with E-state index in [9.17, 15) is 9.90 Å². The van der Waals surface area contributed by atoms with Crippen LogP contribution in [0.1, 0.15) is 25.5 Å². The van der Waals surface area contributed by atoms with E-state index in [1.54, 1.807) is 27.7 Å². The molecule has 0 spiro atoms. The van der Waals surface area contributed by atoms with Crippen molar-refractivity contribution >= 4 is 11.4 Å². The van der Waals surface area contributed by atoms with Gasteiger partial charge in [-0.25, -0.2) is 19.1 Å². The van der Waals surface area contributed by atoms with Gasteiger partial charge in [0, 0.05) is 76.3 Å². The number of hydrogen-bond donors (Lipinski definition) is 2. The van der Waals surface area contributed by atoms with Gasteiger partial charge in [-0.2, -0.15) is 5.10 Å². The summed E-state index contributed by atoms with van der Waals surface area (Å²) in [7, 11) is 0. The molecule has 226 valence electrons. The number of benzene rings is 3. The van der Waals surface area contributed by atoms with Gasteiger partial charge in [-0.15, -0.1) is 0 Å². The number of nitrogens with zero attached hydrogens (tertiary/aromatic N) is 7. The van der Waals surface area contributed by atoms with E-state index in [1.165, 1.54) is 5.56 Å². The molecule has 3 heterocycles. The van der Waals surface area contributed by atoms with Gasteiger partial charge in [0.2, 0.25) is 0 Å². The lowest BCUT2D eigenvalue weighted by atomic mass is 10.2. The zero-order valence-electron chi connectivity index (χ0n) is 25.1. The lowest BCUT2D eigenvalue weighted by molar-refractivity contribution is 0.0640. The Balaban J connectivity index is 1.01. The zero-order valence-corrected chi connectivity index (χ0v) is 25.1. The lowest BCUT2D eigenvalue weighted by Gasteiger charge is -2.37. The molecule has 0 saturated carbocycles. The van der Waals surface area contributed by atoms with E-state index in [1.807, 2.05) is 31.2 Å². The molecule has 2 unspecified atom stereocenters. The Kier molecular flexibility index (Phi) is 8.78. The molecule has 2 aliphatic rings. The minimum absolute atomic E-state index is 0.0457. The first-order valence-corrected chi connectivity index (χ1v) is 15.3. The Morgan fingerprint density at radius 2 is 1.30 bits per heavy atom. The van der Waals surface area contributed by atoms with E-state index in [2.05, 4.69) is 79.6 Å². The maximum absolute atomic E-state index is 13.4. The summed E-state index contributed by atoms with van der Waals surface area (Å²) < 4.78 is 3.21. The highest BCUT2D eigenvalue weighted by atomic mass is 16.3. The summed E-state index contributed by atoms with van der Waals surface area (Å²) >= 11 is 0. The summed E-state index contributed by atoms with van der Waals surface area (Å²) in [6.07, 6.45) is 1.62. The summed E-state index contributed by atoms with van der Waals surface area (Å²) in [5, 5.41) is 16.3. The van der Waals surface area contributed by atoms with Crippen LogP contribution in [-0.4, -0.2) is 87.8 Å². The van der Waals surface area contributed by atoms with Gasteiger partial charge in [-0.05, 0) is 67.9 Å². The minimum Gasteiger partial charge on any atom is -0.508 e. The monoisotopic (exact) mass is 582 g/mol. The van der Waals surface area contributed by atoms with Crippen molar-refractivity contribution < 1.29 is 5.11 Å². The molecule has 0 aliphatic carbocycles. The molecule has 0 bridgehead atoms. The van der Waals surface area contributed by atoms with Crippen molar-refractivity contribution in [3.05, 3.63) is 101 Å². The fourth-order valence-corrected chi connectivity index (χ4v) is 5.97. The first kappa shape index (κ1) is 29.0. The van der Waals surface area contributed by atoms with E-state index in [4.69, 9.17) is 0 Å². The molecule has 0 amide bonds. The van der Waals surface area contributed by atoms with Gasteiger partial charge < -0.3 is 14.9 Å². The number of phenolic OH excluding ortho intramolecular Hbond substituents is 1. The zero-order chi connectivity index (χ0) is 29.8. The average Bonchev–Trinajstić information content (AvgIpc) is 3.43. The van der Waals surface area contributed by atoms with Crippen LogP contribution in [0, 0.1) is 0 Å². The Morgan fingerprint density at radius 3 is 1.91 bits per heavy atom. The summed E-state index contributed by atoms with van der Waals surface area (Å²) in [6, 6.07) is 26.1. The molecular formula is C33H42N8O2. The first-order chi connectivity index (χ1) is 20.9. The number of anilines is 2. The summed E-state index contributed by atoms with van der Waals surface area (Å²) in [4.78, 5) is 20.6. The van der Waals surface area contributed by atoms with Crippen LogP contribution in [-0.2, 0) is 6.54 Å². The predicted molar refractivity (Wildman–Crippen MR) is 171 cm³/mol. The molecule has 2 fully saturated rings. The maximum Gasteiger partial charge on any atom is 0.350 e. The molecule has 4 aromatic rings. The largest absolute Gasteiger partial charge is 0.508 e. The molecule has 6 rings (SSSR count). The van der Waals surface area contributed by atoms with Crippen LogP contribution in [0.5, 0.6) is 5.75 Å². The standard InChI is InChI=1S/C33H42N8O2/c1-26(35-39-22-16-36(17-23-39)24-28-6-4-3-5-7-28)27(2)41-33(43)40(25-34-41)31-10-8-29(9-11-31)37-18-20-38(21-19-37)30-12-14-32(42)15-13-30/h3-15,25-27,35,42H,16-24H2,1-2H3. The summed E-state index contributed by atoms with van der Waals surface area (Å²) in [6.45, 7) is 12.6. The molecule has 10 heteroatoms. The van der Waals surface area contributed by atoms with Crippen LogP contribution in [0.15, 0.2) is 90.0 Å². The molecule has 2 atom stereocenters. The first-order valence-electron chi connectivity index (χ1n) is 15.3. The number of piperazine rings is 2. The van der Waals surface area contributed by atoms with Gasteiger partial charge in [0.05, 0.1) is 11.7 Å². The number of hydrazine groups is 1. The van der Waals surface area contributed by atoms with E-state index in [0.29, 0.717) is 0 Å². The van der Waals surface area contributed by atoms with Gasteiger partial charge in [0.15, 0.2) is 0 Å². The molecule has 43 heavy (non-hydrogen) atoms. The number of nitrogens with one attached hydrogen (secondary N) is 1. The third kappa shape index (κ3) is 6.77. The van der Waals surface area contributed by atoms with Crippen molar-refractivity contribution in [1.29, 1.82) is 0 Å². The highest BCUT2D eigenvalue weighted by molar-refractivity contribution is 5.54. The second-order valence-electron chi connectivity index (χ2n) is 11.6. The van der Waals surface area contributed by atoms with Crippen molar-refractivity contribution in [2.75, 3.05) is 62.2 Å². The van der Waals surface area contributed by atoms with E-state index < -0.39 is 0 Å². The number of hydrogen-bond acceptors (Lipinski definition) is 8. The lowest BCUT2D eigenvalue weighted by Crippen LogP contribution is -2.55. The van der Waals surface area contributed by atoms with Crippen LogP contribution >= 0.6 is 0 Å². The Bertz CT molecular complexity index is 1500. The van der Waals surface area contributed by atoms with E-state index in [-0.39, 0.29) is 23.5 Å². The molecule has 3 aromatic carbocycles. The molecule has 2 N–H and O–H groups in total. The quantitative estimate of drug-likeness (QED) is 0.311. The Morgan fingerprint density at radius 1 is 0.744 bits per heavy atom. The summed E-state index contributed by atoms with van der Waals surface area (Å²) in [5.41, 5.74) is 7.91. The minimum atomic E-state index is -0.135. The highest BCUT2D eigenvalue weighted by Gasteiger charge is 2.24. The van der Waals surface area contributed by atoms with Gasteiger partial charge in [0.25, 0.3) is 0 Å². The number of aromatic hydroxyl groups is 1. The SMILES string of the molecule is CC(NN1CCN(Cc2ccccc2)CC1)C(C)n1ncn(-c2ccc(N3CCN(c4ccc(O)cc4)CC3)cc2)c1=O. The molecule has 1 aromatic heterocycles. The van der Waals surface area contributed by atoms with Gasteiger partial charge >= 0.3 is 5.69 Å². The van der Waals surface area contributed by atoms with Crippen LogP contribution < -0.4 is 20.9 Å². The van der Waals surface area contributed by atoms with Crippen LogP contribution in [0.2, 0.25) is 0 Å². The fourth-order valence-electron chi connectivity index (χ4n) is 5.97. The fraction of sp³-hybridized carbons (Fsp3) is 0.394. The Hall–Kier alpha value is -4.12. The maximum atomic E-state index is 13.4. The topological polar surface area (TPSA) is 85.0 Å². The van der Waals surface area contributed by atoms with E-state index in [0.717, 1.165) is 76.0 Å². The number of phenols is 1. The average molecular weight is 583 g/mol. The molecule has 10 nitrogen and oxygen atoms in total. The van der Waals surface area contributed by atoms with Gasteiger partial charge in [-0.3, -0.25) is 10.3 Å². The van der Waals surface area contributed by atoms with Gasteiger partial charge in [-0.1, -0.05) is 30.3 Å². The van der Waals surface area contributed by atoms with Crippen molar-refractivity contribution in [3.63, 3.8) is 0 Å². The van der Waals surface area contributed by atoms with E-state index >= 15 is 0 Å². The normalized spacial score (nSPS) is 18.1. The second-order valence-corrected chi connectivity index (χ2v) is 11.6. The molecule has 0 radical (unpaired) electrons. The van der Waals surface area contributed by atoms with Crippen LogP contribution in [0.4, 0.5) is 11.4 Å². The predicted octanol–water partition coefficient (Wildman–Crippen LogP) is 3.34. The third-order valence-corrected chi connectivity index (χ3v) is 8.80. The van der Waals surface area contributed by atoms with Gasteiger partial charge in [0.1, 0.15) is 12.1 Å². The molecule has 2 saturated heterocycles. The smallest absolute Gasteiger partial charge is 0.350 e. The van der Waals surface area contributed by atoms with Crippen molar-refractivity contribution in [2.24, 2.45) is 0 Å². The van der Waals surface area contributed by atoms with Crippen molar-refractivity contribution in [1.82, 2.24) is 29.7 Å². The highest BCUT2D eigenvalue weighted by Crippen LogP contribution is 2.23. The second kappa shape index (κ2) is 13.0. The van der Waals surface area contributed by atoms with Crippen LogP contribution in [0.3, 0.4) is 0 Å². The van der Waals surface area contributed by atoms with Crippen LogP contribution in [0.25, 0.3) is 5.69 Å². The Labute approximate surface area is 253 Å².